The fraction of sp³-hybridized carbons (Fsp3) is 0.167. The second-order valence-electron chi connectivity index (χ2n) is 6.95. The van der Waals surface area contributed by atoms with Crippen LogP contribution in [0.15, 0.2) is 78.9 Å². The van der Waals surface area contributed by atoms with Gasteiger partial charge in [-0.2, -0.15) is 0 Å². The molecule has 0 aliphatic heterocycles. The molecule has 0 saturated carbocycles. The average molecular weight is 385 g/mol. The Bertz CT molecular complexity index is 1120. The van der Waals surface area contributed by atoms with Gasteiger partial charge in [0.05, 0.1) is 24.2 Å². The molecule has 0 spiro atoms. The van der Waals surface area contributed by atoms with Crippen molar-refractivity contribution in [2.45, 2.75) is 19.5 Å². The third-order valence-electron chi connectivity index (χ3n) is 4.95. The Labute approximate surface area is 170 Å². The van der Waals surface area contributed by atoms with E-state index in [1.54, 1.807) is 7.11 Å². The van der Waals surface area contributed by atoms with Crippen LogP contribution in [-0.2, 0) is 6.54 Å². The maximum atomic E-state index is 12.6. The maximum Gasteiger partial charge on any atom is 0.251 e. The number of para-hydroxylation sites is 2. The van der Waals surface area contributed by atoms with Gasteiger partial charge >= 0.3 is 0 Å². The van der Waals surface area contributed by atoms with Gasteiger partial charge in [-0.05, 0) is 48.9 Å². The van der Waals surface area contributed by atoms with E-state index in [9.17, 15) is 4.79 Å². The highest BCUT2D eigenvalue weighted by atomic mass is 16.5. The number of methoxy groups -OCH3 is 1. The fourth-order valence-corrected chi connectivity index (χ4v) is 3.44. The zero-order valence-corrected chi connectivity index (χ0v) is 16.5. The van der Waals surface area contributed by atoms with Crippen molar-refractivity contribution in [2.75, 3.05) is 7.11 Å². The molecule has 29 heavy (non-hydrogen) atoms. The predicted molar refractivity (Wildman–Crippen MR) is 114 cm³/mol. The smallest absolute Gasteiger partial charge is 0.251 e. The van der Waals surface area contributed by atoms with E-state index in [2.05, 4.69) is 16.0 Å². The van der Waals surface area contributed by atoms with Crippen molar-refractivity contribution in [3.8, 4) is 5.75 Å². The number of ether oxygens (including phenoxy) is 1. The van der Waals surface area contributed by atoms with Gasteiger partial charge in [-0.3, -0.25) is 4.79 Å². The summed E-state index contributed by atoms with van der Waals surface area (Å²) in [5, 5.41) is 3.08. The molecule has 0 fully saturated rings. The molecule has 0 saturated heterocycles. The third kappa shape index (κ3) is 3.99. The van der Waals surface area contributed by atoms with Crippen LogP contribution in [0, 0.1) is 0 Å². The monoisotopic (exact) mass is 385 g/mol. The Morgan fingerprint density at radius 1 is 1.00 bits per heavy atom. The SMILES string of the molecule is COc1ccc(Cn2c(C(C)NC(=O)c3ccccc3)nc3ccccc32)cc1. The van der Waals surface area contributed by atoms with Crippen molar-refractivity contribution in [2.24, 2.45) is 0 Å². The summed E-state index contributed by atoms with van der Waals surface area (Å²) in [6, 6.07) is 25.0. The summed E-state index contributed by atoms with van der Waals surface area (Å²) < 4.78 is 7.42. The van der Waals surface area contributed by atoms with Crippen LogP contribution in [0.25, 0.3) is 11.0 Å². The van der Waals surface area contributed by atoms with E-state index in [1.165, 1.54) is 0 Å². The van der Waals surface area contributed by atoms with Crippen molar-refractivity contribution < 1.29 is 9.53 Å². The van der Waals surface area contributed by atoms with Gasteiger partial charge in [0.25, 0.3) is 5.91 Å². The van der Waals surface area contributed by atoms with Crippen molar-refractivity contribution in [3.63, 3.8) is 0 Å². The van der Waals surface area contributed by atoms with E-state index in [4.69, 9.17) is 9.72 Å². The molecule has 1 atom stereocenters. The molecule has 1 aromatic heterocycles. The fourth-order valence-electron chi connectivity index (χ4n) is 3.44. The number of fused-ring (bicyclic) bond motifs is 1. The first-order valence-electron chi connectivity index (χ1n) is 9.59. The Morgan fingerprint density at radius 2 is 1.69 bits per heavy atom. The molecule has 146 valence electrons. The van der Waals surface area contributed by atoms with Gasteiger partial charge in [0.15, 0.2) is 0 Å². The maximum absolute atomic E-state index is 12.6. The summed E-state index contributed by atoms with van der Waals surface area (Å²) >= 11 is 0. The standard InChI is InChI=1S/C24H23N3O2/c1-17(25-24(28)19-8-4-3-5-9-19)23-26-21-10-6-7-11-22(21)27(23)16-18-12-14-20(29-2)15-13-18/h3-15,17H,16H2,1-2H3,(H,25,28). The van der Waals surface area contributed by atoms with Gasteiger partial charge in [-0.1, -0.05) is 42.5 Å². The highest BCUT2D eigenvalue weighted by molar-refractivity contribution is 5.94. The Balaban J connectivity index is 1.66. The van der Waals surface area contributed by atoms with Gasteiger partial charge in [0.2, 0.25) is 0 Å². The summed E-state index contributed by atoms with van der Waals surface area (Å²) in [5.41, 5.74) is 3.73. The number of imidazole rings is 1. The molecule has 1 heterocycles. The average Bonchev–Trinajstić information content (AvgIpc) is 3.13. The molecular weight excluding hydrogens is 362 g/mol. The highest BCUT2D eigenvalue weighted by Gasteiger charge is 2.19. The van der Waals surface area contributed by atoms with E-state index in [1.807, 2.05) is 79.7 Å². The molecule has 0 radical (unpaired) electrons. The lowest BCUT2D eigenvalue weighted by molar-refractivity contribution is 0.0938. The Kier molecular flexibility index (Phi) is 5.29. The van der Waals surface area contributed by atoms with Crippen LogP contribution >= 0.6 is 0 Å². The molecule has 0 aliphatic rings. The van der Waals surface area contributed by atoms with Crippen LogP contribution in [0.2, 0.25) is 0 Å². The molecule has 5 heteroatoms. The minimum atomic E-state index is -0.242. The van der Waals surface area contributed by atoms with Crippen molar-refractivity contribution in [1.82, 2.24) is 14.9 Å². The van der Waals surface area contributed by atoms with Crippen LogP contribution < -0.4 is 10.1 Å². The number of hydrogen-bond acceptors (Lipinski definition) is 3. The minimum absolute atomic E-state index is 0.110. The lowest BCUT2D eigenvalue weighted by Gasteiger charge is -2.17. The molecule has 1 N–H and O–H groups in total. The first kappa shape index (κ1) is 18.7. The second-order valence-corrected chi connectivity index (χ2v) is 6.95. The van der Waals surface area contributed by atoms with Crippen LogP contribution in [0.4, 0.5) is 0 Å². The molecular formula is C24H23N3O2. The first-order chi connectivity index (χ1) is 14.2. The summed E-state index contributed by atoms with van der Waals surface area (Å²) in [4.78, 5) is 17.4. The molecule has 3 aromatic carbocycles. The van der Waals surface area contributed by atoms with E-state index in [0.29, 0.717) is 12.1 Å². The number of nitrogens with zero attached hydrogens (tertiary/aromatic N) is 2. The van der Waals surface area contributed by atoms with Crippen LogP contribution in [0.1, 0.15) is 34.7 Å². The van der Waals surface area contributed by atoms with E-state index >= 15 is 0 Å². The molecule has 0 aliphatic carbocycles. The summed E-state index contributed by atoms with van der Waals surface area (Å²) in [6.07, 6.45) is 0. The zero-order valence-electron chi connectivity index (χ0n) is 16.5. The van der Waals surface area contributed by atoms with Gasteiger partial charge in [0.1, 0.15) is 11.6 Å². The lowest BCUT2D eigenvalue weighted by Crippen LogP contribution is -2.28. The third-order valence-corrected chi connectivity index (χ3v) is 4.95. The zero-order chi connectivity index (χ0) is 20.2. The highest BCUT2D eigenvalue weighted by Crippen LogP contribution is 2.23. The summed E-state index contributed by atoms with van der Waals surface area (Å²) in [7, 11) is 1.66. The quantitative estimate of drug-likeness (QED) is 0.528. The lowest BCUT2D eigenvalue weighted by atomic mass is 10.2. The van der Waals surface area contributed by atoms with Crippen molar-refractivity contribution >= 4 is 16.9 Å². The Hall–Kier alpha value is -3.60. The van der Waals surface area contributed by atoms with Crippen molar-refractivity contribution in [1.29, 1.82) is 0 Å². The van der Waals surface area contributed by atoms with Gasteiger partial charge in [0, 0.05) is 12.1 Å². The predicted octanol–water partition coefficient (Wildman–Crippen LogP) is 4.58. The number of rotatable bonds is 6. The minimum Gasteiger partial charge on any atom is -0.497 e. The second kappa shape index (κ2) is 8.19. The number of carbonyl (C=O) groups is 1. The normalized spacial score (nSPS) is 11.9. The summed E-state index contributed by atoms with van der Waals surface area (Å²) in [6.45, 7) is 2.62. The summed E-state index contributed by atoms with van der Waals surface area (Å²) in [5.74, 6) is 1.54. The number of nitrogens with one attached hydrogen (secondary N) is 1. The topological polar surface area (TPSA) is 56.1 Å². The Morgan fingerprint density at radius 3 is 2.41 bits per heavy atom. The van der Waals surface area contributed by atoms with Gasteiger partial charge < -0.3 is 14.6 Å². The van der Waals surface area contributed by atoms with Crippen LogP contribution in [-0.4, -0.2) is 22.6 Å². The molecule has 1 unspecified atom stereocenters. The van der Waals surface area contributed by atoms with Crippen molar-refractivity contribution in [3.05, 3.63) is 95.8 Å². The van der Waals surface area contributed by atoms with E-state index in [0.717, 1.165) is 28.2 Å². The van der Waals surface area contributed by atoms with E-state index in [-0.39, 0.29) is 11.9 Å². The van der Waals surface area contributed by atoms with Crippen LogP contribution in [0.5, 0.6) is 5.75 Å². The number of aromatic nitrogens is 2. The van der Waals surface area contributed by atoms with Gasteiger partial charge in [-0.25, -0.2) is 4.98 Å². The molecule has 4 aromatic rings. The number of benzene rings is 3. The number of carbonyl (C=O) groups excluding carboxylic acids is 1. The van der Waals surface area contributed by atoms with Gasteiger partial charge in [-0.15, -0.1) is 0 Å². The molecule has 0 bridgehead atoms. The van der Waals surface area contributed by atoms with E-state index < -0.39 is 0 Å². The molecule has 4 rings (SSSR count). The van der Waals surface area contributed by atoms with Crippen LogP contribution in [0.3, 0.4) is 0 Å². The number of amides is 1. The number of hydrogen-bond donors (Lipinski definition) is 1. The molecule has 1 amide bonds. The molecule has 5 nitrogen and oxygen atoms in total. The first-order valence-corrected chi connectivity index (χ1v) is 9.59. The largest absolute Gasteiger partial charge is 0.497 e.